The Bertz CT molecular complexity index is 448. The molecule has 82 valence electrons. The van der Waals surface area contributed by atoms with Crippen LogP contribution in [0.5, 0.6) is 0 Å². The maximum Gasteiger partial charge on any atom is 0.338 e. The molecule has 0 aliphatic heterocycles. The average molecular weight is 247 g/mol. The van der Waals surface area contributed by atoms with E-state index in [4.69, 9.17) is 11.6 Å². The predicted octanol–water partition coefficient (Wildman–Crippen LogP) is 2.45. The van der Waals surface area contributed by atoms with Crippen molar-refractivity contribution < 1.29 is 12.6 Å². The number of aryl methyl sites for hydroxylation is 1. The van der Waals surface area contributed by atoms with Gasteiger partial charge in [-0.25, -0.2) is 0 Å². The van der Waals surface area contributed by atoms with Gasteiger partial charge in [-0.15, -0.1) is 11.6 Å². The number of rotatable bonds is 4. The molecule has 3 nitrogen and oxygen atoms in total. The molecule has 0 N–H and O–H groups in total. The maximum absolute atomic E-state index is 11.6. The van der Waals surface area contributed by atoms with Crippen LogP contribution in [-0.2, 0) is 14.3 Å². The van der Waals surface area contributed by atoms with Gasteiger partial charge in [-0.1, -0.05) is 24.3 Å². The van der Waals surface area contributed by atoms with E-state index in [1.807, 2.05) is 6.92 Å². The van der Waals surface area contributed by atoms with Gasteiger partial charge in [-0.2, -0.15) is 8.42 Å². The Balaban J connectivity index is 2.96. The van der Waals surface area contributed by atoms with E-state index in [-0.39, 0.29) is 16.5 Å². The quantitative estimate of drug-likeness (QED) is 0.466. The number of halogens is 1. The van der Waals surface area contributed by atoms with Gasteiger partial charge in [0, 0.05) is 0 Å². The van der Waals surface area contributed by atoms with Crippen molar-refractivity contribution in [3.05, 3.63) is 42.2 Å². The number of hydrogen-bond donors (Lipinski definition) is 0. The zero-order chi connectivity index (χ0) is 11.5. The molecule has 5 heteroatoms. The molecule has 0 saturated heterocycles. The summed E-state index contributed by atoms with van der Waals surface area (Å²) < 4.78 is 27.8. The molecule has 0 atom stereocenters. The minimum Gasteiger partial charge on any atom is -0.383 e. The first kappa shape index (κ1) is 12.1. The molecule has 0 aliphatic rings. The van der Waals surface area contributed by atoms with E-state index in [9.17, 15) is 8.42 Å². The second kappa shape index (κ2) is 4.68. The fourth-order valence-corrected chi connectivity index (χ4v) is 1.98. The standard InChI is InChI=1S/C10H11ClO3S/c1-8-3-5-10(6-4-8)15(12,13)14-9(2)7-11/h3-6H,2,7H2,1H3. The summed E-state index contributed by atoms with van der Waals surface area (Å²) in [6.07, 6.45) is 0. The summed E-state index contributed by atoms with van der Waals surface area (Å²) in [6, 6.07) is 6.34. The molecule has 0 saturated carbocycles. The summed E-state index contributed by atoms with van der Waals surface area (Å²) >= 11 is 5.38. The third-order valence-electron chi connectivity index (χ3n) is 1.69. The van der Waals surface area contributed by atoms with Crippen molar-refractivity contribution in [2.45, 2.75) is 11.8 Å². The smallest absolute Gasteiger partial charge is 0.338 e. The van der Waals surface area contributed by atoms with Gasteiger partial charge >= 0.3 is 10.1 Å². The zero-order valence-electron chi connectivity index (χ0n) is 8.23. The minimum atomic E-state index is -3.77. The second-order valence-electron chi connectivity index (χ2n) is 3.02. The van der Waals surface area contributed by atoms with E-state index in [1.165, 1.54) is 12.1 Å². The Morgan fingerprint density at radius 1 is 1.40 bits per heavy atom. The average Bonchev–Trinajstić information content (AvgIpc) is 2.17. The lowest BCUT2D eigenvalue weighted by atomic mass is 10.2. The predicted molar refractivity (Wildman–Crippen MR) is 59.3 cm³/mol. The third kappa shape index (κ3) is 3.25. The Labute approximate surface area is 94.5 Å². The Kier molecular flexibility index (Phi) is 3.77. The fraction of sp³-hybridized carbons (Fsp3) is 0.200. The van der Waals surface area contributed by atoms with Crippen molar-refractivity contribution in [1.82, 2.24) is 0 Å². The number of allylic oxidation sites excluding steroid dienone is 1. The highest BCUT2D eigenvalue weighted by Crippen LogP contribution is 2.16. The lowest BCUT2D eigenvalue weighted by Crippen LogP contribution is -2.06. The summed E-state index contributed by atoms with van der Waals surface area (Å²) in [5, 5.41) is 0. The first-order valence-electron chi connectivity index (χ1n) is 4.20. The number of benzene rings is 1. The maximum atomic E-state index is 11.6. The van der Waals surface area contributed by atoms with Crippen LogP contribution in [0.2, 0.25) is 0 Å². The SMILES string of the molecule is C=C(CCl)OS(=O)(=O)c1ccc(C)cc1. The monoisotopic (exact) mass is 246 g/mol. The highest BCUT2D eigenvalue weighted by molar-refractivity contribution is 7.86. The van der Waals surface area contributed by atoms with E-state index in [2.05, 4.69) is 10.8 Å². The molecule has 0 aromatic heterocycles. The van der Waals surface area contributed by atoms with Gasteiger partial charge in [-0.3, -0.25) is 0 Å². The van der Waals surface area contributed by atoms with Crippen LogP contribution in [0, 0.1) is 6.92 Å². The highest BCUT2D eigenvalue weighted by Gasteiger charge is 2.16. The fourth-order valence-electron chi connectivity index (χ4n) is 0.930. The normalized spacial score (nSPS) is 11.1. The van der Waals surface area contributed by atoms with Crippen molar-refractivity contribution in [1.29, 1.82) is 0 Å². The minimum absolute atomic E-state index is 0.0113. The zero-order valence-corrected chi connectivity index (χ0v) is 9.81. The molecule has 0 aliphatic carbocycles. The summed E-state index contributed by atoms with van der Waals surface area (Å²) in [5.41, 5.74) is 0.977. The lowest BCUT2D eigenvalue weighted by Gasteiger charge is -2.07. The molecule has 0 unspecified atom stereocenters. The molecule has 1 aromatic rings. The van der Waals surface area contributed by atoms with Crippen molar-refractivity contribution in [2.75, 3.05) is 5.88 Å². The van der Waals surface area contributed by atoms with Gasteiger partial charge in [0.05, 0.1) is 5.88 Å². The summed E-state index contributed by atoms with van der Waals surface area (Å²) in [7, 11) is -3.77. The topological polar surface area (TPSA) is 43.4 Å². The van der Waals surface area contributed by atoms with E-state index in [0.29, 0.717) is 0 Å². The van der Waals surface area contributed by atoms with E-state index < -0.39 is 10.1 Å². The first-order chi connectivity index (χ1) is 6.95. The van der Waals surface area contributed by atoms with Crippen molar-refractivity contribution in [3.8, 4) is 0 Å². The lowest BCUT2D eigenvalue weighted by molar-refractivity contribution is 0.411. The summed E-state index contributed by atoms with van der Waals surface area (Å²) in [5.74, 6) is -0.0392. The van der Waals surface area contributed by atoms with Gasteiger partial charge in [0.15, 0.2) is 0 Å². The first-order valence-corrected chi connectivity index (χ1v) is 6.15. The van der Waals surface area contributed by atoms with Crippen LogP contribution in [0.4, 0.5) is 0 Å². The van der Waals surface area contributed by atoms with Crippen LogP contribution >= 0.6 is 11.6 Å². The van der Waals surface area contributed by atoms with Gasteiger partial charge < -0.3 is 4.18 Å². The van der Waals surface area contributed by atoms with Crippen molar-refractivity contribution in [2.24, 2.45) is 0 Å². The van der Waals surface area contributed by atoms with Crippen LogP contribution in [0.3, 0.4) is 0 Å². The van der Waals surface area contributed by atoms with Crippen LogP contribution in [0.15, 0.2) is 41.5 Å². The van der Waals surface area contributed by atoms with E-state index >= 15 is 0 Å². The van der Waals surface area contributed by atoms with Crippen LogP contribution < -0.4 is 0 Å². The molecule has 1 rings (SSSR count). The van der Waals surface area contributed by atoms with Crippen molar-refractivity contribution >= 4 is 21.7 Å². The van der Waals surface area contributed by atoms with E-state index in [1.54, 1.807) is 12.1 Å². The Morgan fingerprint density at radius 3 is 2.40 bits per heavy atom. The molecule has 0 heterocycles. The molecule has 0 fully saturated rings. The van der Waals surface area contributed by atoms with Crippen LogP contribution in [-0.4, -0.2) is 14.3 Å². The van der Waals surface area contributed by atoms with Crippen LogP contribution in [0.1, 0.15) is 5.56 Å². The largest absolute Gasteiger partial charge is 0.383 e. The summed E-state index contributed by atoms with van der Waals surface area (Å²) in [6.45, 7) is 5.24. The van der Waals surface area contributed by atoms with Gasteiger partial charge in [0.25, 0.3) is 0 Å². The molecule has 0 spiro atoms. The third-order valence-corrected chi connectivity index (χ3v) is 3.29. The summed E-state index contributed by atoms with van der Waals surface area (Å²) in [4.78, 5) is 0.0966. The molecule has 1 aromatic carbocycles. The number of hydrogen-bond acceptors (Lipinski definition) is 3. The highest BCUT2D eigenvalue weighted by atomic mass is 35.5. The molecular weight excluding hydrogens is 236 g/mol. The van der Waals surface area contributed by atoms with Crippen molar-refractivity contribution in [3.63, 3.8) is 0 Å². The second-order valence-corrected chi connectivity index (χ2v) is 4.84. The molecule has 15 heavy (non-hydrogen) atoms. The van der Waals surface area contributed by atoms with Gasteiger partial charge in [-0.05, 0) is 19.1 Å². The van der Waals surface area contributed by atoms with E-state index in [0.717, 1.165) is 5.56 Å². The Hall–Kier alpha value is -1.00. The number of alkyl halides is 1. The Morgan fingerprint density at radius 2 is 1.93 bits per heavy atom. The van der Waals surface area contributed by atoms with Gasteiger partial charge in [0.2, 0.25) is 0 Å². The molecule has 0 bridgehead atoms. The molecular formula is C10H11ClO3S. The van der Waals surface area contributed by atoms with Gasteiger partial charge in [0.1, 0.15) is 10.7 Å². The van der Waals surface area contributed by atoms with Crippen LogP contribution in [0.25, 0.3) is 0 Å². The molecule has 0 radical (unpaired) electrons. The molecule has 0 amide bonds.